The molecule has 6 nitrogen and oxygen atoms in total. The predicted molar refractivity (Wildman–Crippen MR) is 75.3 cm³/mol. The van der Waals surface area contributed by atoms with Crippen LogP contribution in [0.1, 0.15) is 11.5 Å². The molecule has 1 N–H and O–H groups in total. The number of methoxy groups -OCH3 is 1. The summed E-state index contributed by atoms with van der Waals surface area (Å²) >= 11 is 0. The van der Waals surface area contributed by atoms with Crippen LogP contribution < -0.4 is 0 Å². The molecule has 0 aliphatic heterocycles. The first-order valence-corrected chi connectivity index (χ1v) is 6.57. The van der Waals surface area contributed by atoms with E-state index in [2.05, 4.69) is 0 Å². The standard InChI is InChI=1S/C14H24N2O4/c1-11-5-6-13(20-11)8-16(3)14(18)9-15(2)7-12(17)10-19-4/h5-6,12,17H,7-10H2,1-4H3. The summed E-state index contributed by atoms with van der Waals surface area (Å²) in [5.74, 6) is 1.58. The molecule has 0 bridgehead atoms. The smallest absolute Gasteiger partial charge is 0.236 e. The molecule has 20 heavy (non-hydrogen) atoms. The number of amides is 1. The number of hydrogen-bond donors (Lipinski definition) is 1. The van der Waals surface area contributed by atoms with Crippen LogP contribution in [0.3, 0.4) is 0 Å². The minimum atomic E-state index is -0.587. The van der Waals surface area contributed by atoms with Gasteiger partial charge >= 0.3 is 0 Å². The molecule has 1 unspecified atom stereocenters. The van der Waals surface area contributed by atoms with E-state index in [4.69, 9.17) is 9.15 Å². The Morgan fingerprint density at radius 3 is 2.70 bits per heavy atom. The van der Waals surface area contributed by atoms with Gasteiger partial charge in [-0.15, -0.1) is 0 Å². The van der Waals surface area contributed by atoms with Gasteiger partial charge in [-0.05, 0) is 26.1 Å². The van der Waals surface area contributed by atoms with Gasteiger partial charge in [-0.3, -0.25) is 9.69 Å². The molecule has 0 fully saturated rings. The fraction of sp³-hybridized carbons (Fsp3) is 0.643. The molecular formula is C14H24N2O4. The van der Waals surface area contributed by atoms with Crippen LogP contribution in [0.4, 0.5) is 0 Å². The molecule has 1 heterocycles. The van der Waals surface area contributed by atoms with Gasteiger partial charge in [0, 0.05) is 20.7 Å². The third kappa shape index (κ3) is 5.73. The fourth-order valence-corrected chi connectivity index (χ4v) is 1.91. The van der Waals surface area contributed by atoms with Crippen molar-refractivity contribution >= 4 is 5.91 Å². The maximum Gasteiger partial charge on any atom is 0.236 e. The zero-order valence-corrected chi connectivity index (χ0v) is 12.6. The Bertz CT molecular complexity index is 419. The van der Waals surface area contributed by atoms with Gasteiger partial charge in [0.25, 0.3) is 0 Å². The summed E-state index contributed by atoms with van der Waals surface area (Å²) in [5.41, 5.74) is 0. The van der Waals surface area contributed by atoms with Crippen molar-refractivity contribution in [2.24, 2.45) is 0 Å². The molecule has 1 aromatic rings. The number of ether oxygens (including phenoxy) is 1. The SMILES string of the molecule is COCC(O)CN(C)CC(=O)N(C)Cc1ccc(C)o1. The molecule has 1 aromatic heterocycles. The zero-order chi connectivity index (χ0) is 15.1. The topological polar surface area (TPSA) is 66.2 Å². The maximum absolute atomic E-state index is 12.0. The van der Waals surface area contributed by atoms with Crippen molar-refractivity contribution in [3.63, 3.8) is 0 Å². The normalized spacial score (nSPS) is 12.7. The van der Waals surface area contributed by atoms with Gasteiger partial charge in [0.1, 0.15) is 11.5 Å². The molecule has 1 atom stereocenters. The van der Waals surface area contributed by atoms with Gasteiger partial charge in [-0.25, -0.2) is 0 Å². The van der Waals surface area contributed by atoms with Crippen LogP contribution >= 0.6 is 0 Å². The van der Waals surface area contributed by atoms with E-state index < -0.39 is 6.10 Å². The van der Waals surface area contributed by atoms with Crippen molar-refractivity contribution in [3.05, 3.63) is 23.7 Å². The van der Waals surface area contributed by atoms with E-state index in [1.807, 2.05) is 19.1 Å². The van der Waals surface area contributed by atoms with E-state index in [1.165, 1.54) is 7.11 Å². The van der Waals surface area contributed by atoms with E-state index >= 15 is 0 Å². The molecule has 0 spiro atoms. The number of furan rings is 1. The highest BCUT2D eigenvalue weighted by Crippen LogP contribution is 2.08. The quantitative estimate of drug-likeness (QED) is 0.752. The second kappa shape index (κ2) is 8.04. The minimum absolute atomic E-state index is 0.0221. The molecule has 1 amide bonds. The third-order valence-electron chi connectivity index (χ3n) is 2.90. The van der Waals surface area contributed by atoms with Gasteiger partial charge < -0.3 is 19.2 Å². The lowest BCUT2D eigenvalue weighted by Gasteiger charge is -2.23. The van der Waals surface area contributed by atoms with Gasteiger partial charge in [0.15, 0.2) is 0 Å². The van der Waals surface area contributed by atoms with Crippen LogP contribution in [0.15, 0.2) is 16.5 Å². The van der Waals surface area contributed by atoms with Crippen LogP contribution in [-0.4, -0.2) is 67.8 Å². The molecule has 0 aliphatic rings. The van der Waals surface area contributed by atoms with Crippen LogP contribution in [0.5, 0.6) is 0 Å². The molecule has 1 rings (SSSR count). The van der Waals surface area contributed by atoms with Crippen LogP contribution in [-0.2, 0) is 16.1 Å². The number of carbonyl (C=O) groups is 1. The summed E-state index contributed by atoms with van der Waals surface area (Å²) in [4.78, 5) is 15.4. The third-order valence-corrected chi connectivity index (χ3v) is 2.90. The molecule has 0 aliphatic carbocycles. The predicted octanol–water partition coefficient (Wildman–Crippen LogP) is 0.486. The van der Waals surface area contributed by atoms with Crippen molar-refractivity contribution < 1.29 is 19.1 Å². The number of aliphatic hydroxyl groups is 1. The van der Waals surface area contributed by atoms with Crippen molar-refractivity contribution in [2.75, 3.05) is 40.9 Å². The highest BCUT2D eigenvalue weighted by molar-refractivity contribution is 5.77. The number of rotatable bonds is 8. The van der Waals surface area contributed by atoms with E-state index in [-0.39, 0.29) is 19.1 Å². The Kier molecular flexibility index (Phi) is 6.70. The average molecular weight is 284 g/mol. The average Bonchev–Trinajstić information content (AvgIpc) is 2.74. The Hall–Kier alpha value is -1.37. The number of hydrogen-bond acceptors (Lipinski definition) is 5. The minimum Gasteiger partial charge on any atom is -0.464 e. The van der Waals surface area contributed by atoms with Gasteiger partial charge in [-0.2, -0.15) is 0 Å². The molecule has 0 saturated carbocycles. The molecule has 0 radical (unpaired) electrons. The lowest BCUT2D eigenvalue weighted by Crippen LogP contribution is -2.40. The van der Waals surface area contributed by atoms with E-state index in [0.29, 0.717) is 13.1 Å². The first-order chi connectivity index (χ1) is 9.42. The first-order valence-electron chi connectivity index (χ1n) is 6.57. The second-order valence-corrected chi connectivity index (χ2v) is 5.07. The van der Waals surface area contributed by atoms with Gasteiger partial charge in [0.2, 0.25) is 5.91 Å². The summed E-state index contributed by atoms with van der Waals surface area (Å²) in [6.07, 6.45) is -0.587. The highest BCUT2D eigenvalue weighted by Gasteiger charge is 2.15. The Labute approximate surface area is 119 Å². The summed E-state index contributed by atoms with van der Waals surface area (Å²) in [7, 11) is 5.06. The maximum atomic E-state index is 12.0. The van der Waals surface area contributed by atoms with Crippen LogP contribution in [0.2, 0.25) is 0 Å². The van der Waals surface area contributed by atoms with Gasteiger partial charge in [0.05, 0.1) is 25.8 Å². The van der Waals surface area contributed by atoms with Crippen molar-refractivity contribution in [2.45, 2.75) is 19.6 Å². The molecule has 0 aromatic carbocycles. The van der Waals surface area contributed by atoms with Gasteiger partial charge in [-0.1, -0.05) is 0 Å². The Morgan fingerprint density at radius 1 is 1.45 bits per heavy atom. The second-order valence-electron chi connectivity index (χ2n) is 5.07. The van der Waals surface area contributed by atoms with Crippen molar-refractivity contribution in [1.29, 1.82) is 0 Å². The molecule has 6 heteroatoms. The largest absolute Gasteiger partial charge is 0.464 e. The summed E-state index contributed by atoms with van der Waals surface area (Å²) < 4.78 is 10.3. The number of nitrogens with zero attached hydrogens (tertiary/aromatic N) is 2. The van der Waals surface area contributed by atoms with Crippen LogP contribution in [0.25, 0.3) is 0 Å². The van der Waals surface area contributed by atoms with E-state index in [0.717, 1.165) is 11.5 Å². The first kappa shape index (κ1) is 16.7. The number of carbonyl (C=O) groups excluding carboxylic acids is 1. The summed E-state index contributed by atoms with van der Waals surface area (Å²) in [6, 6.07) is 3.74. The lowest BCUT2D eigenvalue weighted by atomic mass is 10.3. The molecular weight excluding hydrogens is 260 g/mol. The summed E-state index contributed by atoms with van der Waals surface area (Å²) in [5, 5.41) is 9.60. The Morgan fingerprint density at radius 2 is 2.15 bits per heavy atom. The Balaban J connectivity index is 2.37. The van der Waals surface area contributed by atoms with E-state index in [9.17, 15) is 9.90 Å². The number of aliphatic hydroxyl groups excluding tert-OH is 1. The number of likely N-dealkylation sites (N-methyl/N-ethyl adjacent to an activating group) is 2. The van der Waals surface area contributed by atoms with Crippen LogP contribution in [0, 0.1) is 6.92 Å². The highest BCUT2D eigenvalue weighted by atomic mass is 16.5. The van der Waals surface area contributed by atoms with Crippen molar-refractivity contribution in [3.8, 4) is 0 Å². The fourth-order valence-electron chi connectivity index (χ4n) is 1.91. The number of aryl methyl sites for hydroxylation is 1. The summed E-state index contributed by atoms with van der Waals surface area (Å²) in [6.45, 7) is 3.22. The molecule has 0 saturated heterocycles. The molecule has 114 valence electrons. The zero-order valence-electron chi connectivity index (χ0n) is 12.6. The van der Waals surface area contributed by atoms with Crippen molar-refractivity contribution in [1.82, 2.24) is 9.80 Å². The monoisotopic (exact) mass is 284 g/mol. The lowest BCUT2D eigenvalue weighted by molar-refractivity contribution is -0.131. The van der Waals surface area contributed by atoms with E-state index in [1.54, 1.807) is 23.9 Å².